The summed E-state index contributed by atoms with van der Waals surface area (Å²) in [4.78, 5) is 48.6. The molecular formula is C23H36N4O5S. The van der Waals surface area contributed by atoms with Crippen molar-refractivity contribution < 1.29 is 23.9 Å². The molecule has 1 aromatic carbocycles. The van der Waals surface area contributed by atoms with E-state index in [2.05, 4.69) is 16.0 Å². The van der Waals surface area contributed by atoms with Gasteiger partial charge in [0.25, 0.3) is 0 Å². The van der Waals surface area contributed by atoms with E-state index in [-0.39, 0.29) is 24.8 Å². The fourth-order valence-corrected chi connectivity index (χ4v) is 3.48. The fourth-order valence-electron chi connectivity index (χ4n) is 2.99. The molecule has 33 heavy (non-hydrogen) atoms. The van der Waals surface area contributed by atoms with Crippen molar-refractivity contribution in [2.24, 2.45) is 5.73 Å². The lowest BCUT2D eigenvalue weighted by molar-refractivity contribution is -0.130. The molecule has 0 heterocycles. The van der Waals surface area contributed by atoms with Crippen molar-refractivity contribution in [3.63, 3.8) is 0 Å². The Labute approximate surface area is 200 Å². The number of unbranched alkanes of at least 4 members (excludes halogenated alkanes) is 1. The van der Waals surface area contributed by atoms with Gasteiger partial charge in [-0.1, -0.05) is 30.3 Å². The topological polar surface area (TPSA) is 140 Å². The molecule has 0 saturated carbocycles. The molecule has 0 unspecified atom stereocenters. The summed E-state index contributed by atoms with van der Waals surface area (Å²) in [5.41, 5.74) is 6.70. The molecule has 0 spiro atoms. The zero-order chi connectivity index (χ0) is 24.5. The summed E-state index contributed by atoms with van der Waals surface area (Å²) in [7, 11) is 1.48. The first-order valence-corrected chi connectivity index (χ1v) is 12.4. The van der Waals surface area contributed by atoms with Crippen LogP contribution in [0.25, 0.3) is 0 Å². The Balaban J connectivity index is 2.55. The minimum atomic E-state index is -0.794. The molecule has 0 aliphatic carbocycles. The largest absolute Gasteiger partial charge is 0.377 e. The molecule has 184 valence electrons. The minimum absolute atomic E-state index is 0.0215. The normalized spacial score (nSPS) is 12.5. The van der Waals surface area contributed by atoms with Crippen LogP contribution in [0, 0.1) is 0 Å². The molecule has 9 nitrogen and oxygen atoms in total. The summed E-state index contributed by atoms with van der Waals surface area (Å²) in [6.07, 6.45) is 4.43. The molecule has 2 atom stereocenters. The van der Waals surface area contributed by atoms with Gasteiger partial charge in [0.1, 0.15) is 12.6 Å². The smallest absolute Gasteiger partial charge is 0.242 e. The van der Waals surface area contributed by atoms with Crippen LogP contribution >= 0.6 is 11.8 Å². The van der Waals surface area contributed by atoms with Crippen molar-refractivity contribution in [2.45, 2.75) is 44.2 Å². The Hall–Kier alpha value is -2.43. The maximum absolute atomic E-state index is 12.7. The molecule has 1 aromatic rings. The molecule has 0 radical (unpaired) electrons. The lowest BCUT2D eigenvalue weighted by Gasteiger charge is -2.19. The number of carbonyl (C=O) groups is 4. The predicted octanol–water partition coefficient (Wildman–Crippen LogP) is 0.413. The lowest BCUT2D eigenvalue weighted by Crippen LogP contribution is -2.52. The highest BCUT2D eigenvalue weighted by Crippen LogP contribution is 2.04. The Kier molecular flexibility index (Phi) is 14.8. The Morgan fingerprint density at radius 2 is 1.79 bits per heavy atom. The number of carbonyl (C=O) groups excluding carboxylic acids is 4. The molecule has 0 aromatic heterocycles. The van der Waals surface area contributed by atoms with Gasteiger partial charge in [-0.25, -0.2) is 0 Å². The van der Waals surface area contributed by atoms with E-state index in [9.17, 15) is 19.2 Å². The van der Waals surface area contributed by atoms with E-state index in [1.54, 1.807) is 11.8 Å². The van der Waals surface area contributed by atoms with Gasteiger partial charge >= 0.3 is 0 Å². The van der Waals surface area contributed by atoms with E-state index in [0.29, 0.717) is 38.6 Å². The van der Waals surface area contributed by atoms with Crippen LogP contribution < -0.4 is 21.7 Å². The zero-order valence-electron chi connectivity index (χ0n) is 19.4. The molecule has 0 bridgehead atoms. The summed E-state index contributed by atoms with van der Waals surface area (Å²) < 4.78 is 4.80. The number of thioether (sulfide) groups is 1. The van der Waals surface area contributed by atoms with Crippen LogP contribution in [0.3, 0.4) is 0 Å². The zero-order valence-corrected chi connectivity index (χ0v) is 20.2. The molecule has 0 fully saturated rings. The average Bonchev–Trinajstić information content (AvgIpc) is 2.81. The van der Waals surface area contributed by atoms with Gasteiger partial charge in [-0.05, 0) is 36.8 Å². The van der Waals surface area contributed by atoms with Gasteiger partial charge in [0.05, 0.1) is 12.6 Å². The van der Waals surface area contributed by atoms with Crippen molar-refractivity contribution in [1.82, 2.24) is 16.0 Å². The molecule has 3 amide bonds. The quantitative estimate of drug-likeness (QED) is 0.237. The third-order valence-electron chi connectivity index (χ3n) is 4.81. The third kappa shape index (κ3) is 13.0. The summed E-state index contributed by atoms with van der Waals surface area (Å²) in [6, 6.07) is 7.87. The fraction of sp³-hybridized carbons (Fsp3) is 0.565. The van der Waals surface area contributed by atoms with Crippen LogP contribution in [0.2, 0.25) is 0 Å². The SMILES string of the molecule is COCC(=O)CCCCNC(=O)[C@H](Cc1ccccc1)NC(=O)CNC(=O)[C@H](N)CCSC. The van der Waals surface area contributed by atoms with Crippen molar-refractivity contribution in [3.8, 4) is 0 Å². The number of rotatable bonds is 17. The Morgan fingerprint density at radius 3 is 2.45 bits per heavy atom. The van der Waals surface area contributed by atoms with Crippen LogP contribution in [0.5, 0.6) is 0 Å². The second-order valence-corrected chi connectivity index (χ2v) is 8.62. The third-order valence-corrected chi connectivity index (χ3v) is 5.46. The minimum Gasteiger partial charge on any atom is -0.377 e. The molecule has 1 rings (SSSR count). The number of hydrogen-bond acceptors (Lipinski definition) is 7. The molecule has 5 N–H and O–H groups in total. The molecule has 0 aliphatic rings. The van der Waals surface area contributed by atoms with E-state index < -0.39 is 23.9 Å². The number of ether oxygens (including phenoxy) is 1. The maximum Gasteiger partial charge on any atom is 0.242 e. The second-order valence-electron chi connectivity index (χ2n) is 7.64. The Bertz CT molecular complexity index is 748. The van der Waals surface area contributed by atoms with Gasteiger partial charge in [0.2, 0.25) is 17.7 Å². The van der Waals surface area contributed by atoms with Gasteiger partial charge in [0, 0.05) is 26.5 Å². The van der Waals surface area contributed by atoms with Gasteiger partial charge in [-0.3, -0.25) is 19.2 Å². The number of Topliss-reactive ketones (excluding diaryl/α,β-unsaturated/α-hetero) is 1. The van der Waals surface area contributed by atoms with Gasteiger partial charge in [0.15, 0.2) is 5.78 Å². The number of methoxy groups -OCH3 is 1. The van der Waals surface area contributed by atoms with Crippen LogP contribution in [0.15, 0.2) is 30.3 Å². The maximum atomic E-state index is 12.7. The number of ketones is 1. The summed E-state index contributed by atoms with van der Waals surface area (Å²) in [5, 5.41) is 8.03. The van der Waals surface area contributed by atoms with Crippen LogP contribution in [0.1, 0.15) is 31.2 Å². The van der Waals surface area contributed by atoms with E-state index in [4.69, 9.17) is 10.5 Å². The number of hydrogen-bond donors (Lipinski definition) is 4. The van der Waals surface area contributed by atoms with Crippen LogP contribution in [-0.2, 0) is 30.3 Å². The molecular weight excluding hydrogens is 444 g/mol. The van der Waals surface area contributed by atoms with E-state index >= 15 is 0 Å². The van der Waals surface area contributed by atoms with Crippen molar-refractivity contribution in [2.75, 3.05) is 38.8 Å². The van der Waals surface area contributed by atoms with Crippen LogP contribution in [-0.4, -0.2) is 74.4 Å². The number of nitrogens with one attached hydrogen (secondary N) is 3. The summed E-state index contributed by atoms with van der Waals surface area (Å²) in [5.74, 6) is -0.416. The molecule has 0 saturated heterocycles. The monoisotopic (exact) mass is 480 g/mol. The van der Waals surface area contributed by atoms with Gasteiger partial charge in [-0.15, -0.1) is 0 Å². The second kappa shape index (κ2) is 17.1. The highest BCUT2D eigenvalue weighted by molar-refractivity contribution is 7.98. The molecule has 10 heteroatoms. The summed E-state index contributed by atoms with van der Waals surface area (Å²) >= 11 is 1.59. The average molecular weight is 481 g/mol. The first kappa shape index (κ1) is 28.6. The highest BCUT2D eigenvalue weighted by atomic mass is 32.2. The van der Waals surface area contributed by atoms with E-state index in [1.807, 2.05) is 36.6 Å². The van der Waals surface area contributed by atoms with Crippen molar-refractivity contribution >= 4 is 35.3 Å². The number of amides is 3. The summed E-state index contributed by atoms with van der Waals surface area (Å²) in [6.45, 7) is 0.226. The Morgan fingerprint density at radius 1 is 1.06 bits per heavy atom. The lowest BCUT2D eigenvalue weighted by atomic mass is 10.0. The molecule has 0 aliphatic heterocycles. The first-order valence-electron chi connectivity index (χ1n) is 11.0. The number of nitrogens with two attached hydrogens (primary N) is 1. The number of benzene rings is 1. The van der Waals surface area contributed by atoms with E-state index in [0.717, 1.165) is 11.3 Å². The highest BCUT2D eigenvalue weighted by Gasteiger charge is 2.22. The van der Waals surface area contributed by atoms with E-state index in [1.165, 1.54) is 7.11 Å². The van der Waals surface area contributed by atoms with Crippen LogP contribution in [0.4, 0.5) is 0 Å². The van der Waals surface area contributed by atoms with Crippen molar-refractivity contribution in [1.29, 1.82) is 0 Å². The predicted molar refractivity (Wildman–Crippen MR) is 130 cm³/mol. The first-order chi connectivity index (χ1) is 15.9. The van der Waals surface area contributed by atoms with Gasteiger partial charge < -0.3 is 26.4 Å². The van der Waals surface area contributed by atoms with Gasteiger partial charge in [-0.2, -0.15) is 11.8 Å². The van der Waals surface area contributed by atoms with Crippen molar-refractivity contribution in [3.05, 3.63) is 35.9 Å². The standard InChI is InChI=1S/C23H36N4O5S/c1-32-16-18(28)10-6-7-12-25-23(31)20(14-17-8-4-3-5-9-17)27-21(29)15-26-22(30)19(24)11-13-33-2/h3-5,8-9,19-20H,6-7,10-16,24H2,1-2H3,(H,25,31)(H,26,30)(H,27,29)/t19-,20+/m1/s1.